The fourth-order valence-electron chi connectivity index (χ4n) is 3.07. The van der Waals surface area contributed by atoms with E-state index < -0.39 is 18.2 Å². The smallest absolute Gasteiger partial charge is 0.249 e. The molecular weight excluding hydrogens is 548 g/mol. The van der Waals surface area contributed by atoms with Crippen molar-refractivity contribution >= 4 is 51.2 Å². The fourth-order valence-corrected chi connectivity index (χ4v) is 3.77. The highest BCUT2D eigenvalue weighted by Gasteiger charge is 2.14. The average molecular weight is 570 g/mol. The van der Waals surface area contributed by atoms with E-state index in [1.54, 1.807) is 48.5 Å². The maximum Gasteiger partial charge on any atom is 0.249 e. The Labute approximate surface area is 222 Å². The summed E-state index contributed by atoms with van der Waals surface area (Å²) in [5.74, 6) is -0.107. The molecule has 0 fully saturated rings. The van der Waals surface area contributed by atoms with Crippen molar-refractivity contribution < 1.29 is 19.1 Å². The lowest BCUT2D eigenvalue weighted by atomic mass is 10.1. The zero-order valence-corrected chi connectivity index (χ0v) is 21.6. The molecule has 0 unspecified atom stereocenters. The molecule has 8 nitrogen and oxygen atoms in total. The van der Waals surface area contributed by atoms with E-state index in [4.69, 9.17) is 21.1 Å². The molecule has 0 atom stereocenters. The first kappa shape index (κ1) is 26.7. The van der Waals surface area contributed by atoms with Gasteiger partial charge in [0.2, 0.25) is 11.8 Å². The Hall–Kier alpha value is -3.87. The fraction of sp³-hybridized carbons (Fsp3) is 0.154. The van der Waals surface area contributed by atoms with Gasteiger partial charge in [0.05, 0.1) is 28.9 Å². The van der Waals surface area contributed by atoms with Crippen LogP contribution in [-0.2, 0) is 16.2 Å². The van der Waals surface area contributed by atoms with Crippen molar-refractivity contribution in [3.63, 3.8) is 0 Å². The van der Waals surface area contributed by atoms with Gasteiger partial charge in [-0.05, 0) is 70.9 Å². The van der Waals surface area contributed by atoms with Crippen molar-refractivity contribution in [3.8, 4) is 17.6 Å². The predicted octanol–water partition coefficient (Wildman–Crippen LogP) is 5.43. The second-order valence-electron chi connectivity index (χ2n) is 7.35. The molecule has 0 saturated heterocycles. The van der Waals surface area contributed by atoms with Gasteiger partial charge in [0.25, 0.3) is 0 Å². The third kappa shape index (κ3) is 7.83. The van der Waals surface area contributed by atoms with Gasteiger partial charge in [-0.1, -0.05) is 29.8 Å². The Bertz CT molecular complexity index is 1310. The number of hydrazone groups is 1. The van der Waals surface area contributed by atoms with E-state index >= 15 is 0 Å². The zero-order chi connectivity index (χ0) is 25.9. The van der Waals surface area contributed by atoms with Gasteiger partial charge in [-0.3, -0.25) is 9.59 Å². The molecule has 2 amide bonds. The Morgan fingerprint density at radius 3 is 2.58 bits per heavy atom. The monoisotopic (exact) mass is 568 g/mol. The molecule has 3 rings (SSSR count). The second-order valence-corrected chi connectivity index (χ2v) is 8.64. The van der Waals surface area contributed by atoms with E-state index in [-0.39, 0.29) is 6.61 Å². The SMILES string of the molecule is CCOc1cc(C=NNC(=O)CC(=O)Nc2ccc(Cl)cc2)cc(Br)c1OCc1ccccc1C#N. The van der Waals surface area contributed by atoms with Crippen molar-refractivity contribution in [2.75, 3.05) is 11.9 Å². The van der Waals surface area contributed by atoms with E-state index in [1.807, 2.05) is 19.1 Å². The van der Waals surface area contributed by atoms with Crippen LogP contribution in [0.25, 0.3) is 0 Å². The number of ether oxygens (including phenoxy) is 2. The molecule has 0 radical (unpaired) electrons. The predicted molar refractivity (Wildman–Crippen MR) is 141 cm³/mol. The number of hydrogen-bond acceptors (Lipinski definition) is 6. The molecule has 184 valence electrons. The molecule has 0 aliphatic carbocycles. The molecule has 0 bridgehead atoms. The van der Waals surface area contributed by atoms with Gasteiger partial charge in [-0.25, -0.2) is 5.43 Å². The van der Waals surface area contributed by atoms with Crippen molar-refractivity contribution in [2.24, 2.45) is 5.10 Å². The molecule has 0 aliphatic heterocycles. The van der Waals surface area contributed by atoms with Crippen LogP contribution in [0.4, 0.5) is 5.69 Å². The summed E-state index contributed by atoms with van der Waals surface area (Å²) in [5, 5.41) is 16.4. The molecule has 0 aliphatic rings. The van der Waals surface area contributed by atoms with E-state index in [0.29, 0.717) is 44.4 Å². The van der Waals surface area contributed by atoms with Crippen LogP contribution in [-0.4, -0.2) is 24.6 Å². The molecule has 3 aromatic carbocycles. The van der Waals surface area contributed by atoms with Crippen molar-refractivity contribution in [1.82, 2.24) is 5.43 Å². The highest BCUT2D eigenvalue weighted by Crippen LogP contribution is 2.37. The normalized spacial score (nSPS) is 10.5. The van der Waals surface area contributed by atoms with Crippen LogP contribution >= 0.6 is 27.5 Å². The van der Waals surface area contributed by atoms with Gasteiger partial charge in [0.15, 0.2) is 11.5 Å². The molecule has 0 heterocycles. The first-order chi connectivity index (χ1) is 17.4. The lowest BCUT2D eigenvalue weighted by Crippen LogP contribution is -2.24. The minimum atomic E-state index is -0.571. The van der Waals surface area contributed by atoms with Crippen LogP contribution in [0.2, 0.25) is 5.02 Å². The number of nitriles is 1. The van der Waals surface area contributed by atoms with Crippen LogP contribution in [0.15, 0.2) is 70.2 Å². The number of nitrogens with one attached hydrogen (secondary N) is 2. The van der Waals surface area contributed by atoms with Crippen molar-refractivity contribution in [1.29, 1.82) is 5.26 Å². The second kappa shape index (κ2) is 13.3. The van der Waals surface area contributed by atoms with E-state index in [2.05, 4.69) is 37.8 Å². The molecule has 0 aromatic heterocycles. The van der Waals surface area contributed by atoms with Crippen molar-refractivity contribution in [2.45, 2.75) is 20.0 Å². The first-order valence-corrected chi connectivity index (χ1v) is 12.0. The molecule has 36 heavy (non-hydrogen) atoms. The standard InChI is InChI=1S/C26H22BrClN4O4/c1-2-35-23-12-17(11-22(27)26(23)36-16-19-6-4-3-5-18(19)14-29)15-30-32-25(34)13-24(33)31-21-9-7-20(28)8-10-21/h3-12,15H,2,13,16H2,1H3,(H,31,33)(H,32,34). The minimum Gasteiger partial charge on any atom is -0.490 e. The number of rotatable bonds is 10. The minimum absolute atomic E-state index is 0.185. The summed E-state index contributed by atoms with van der Waals surface area (Å²) < 4.78 is 12.3. The Morgan fingerprint density at radius 2 is 1.86 bits per heavy atom. The van der Waals surface area contributed by atoms with Gasteiger partial charge in [-0.15, -0.1) is 0 Å². The highest BCUT2D eigenvalue weighted by atomic mass is 79.9. The molecule has 10 heteroatoms. The molecule has 0 spiro atoms. The number of amides is 2. The lowest BCUT2D eigenvalue weighted by Gasteiger charge is -2.15. The summed E-state index contributed by atoms with van der Waals surface area (Å²) in [6.45, 7) is 2.43. The van der Waals surface area contributed by atoms with Crippen LogP contribution < -0.4 is 20.2 Å². The maximum absolute atomic E-state index is 12.1. The highest BCUT2D eigenvalue weighted by molar-refractivity contribution is 9.10. The topological polar surface area (TPSA) is 113 Å². The summed E-state index contributed by atoms with van der Waals surface area (Å²) in [6.07, 6.45) is 1.03. The Balaban J connectivity index is 1.61. The number of carbonyl (C=O) groups is 2. The number of anilines is 1. The number of halogens is 2. The van der Waals surface area contributed by atoms with Gasteiger partial charge >= 0.3 is 0 Å². The average Bonchev–Trinajstić information content (AvgIpc) is 2.85. The largest absolute Gasteiger partial charge is 0.490 e. The summed E-state index contributed by atoms with van der Waals surface area (Å²) >= 11 is 9.30. The van der Waals surface area contributed by atoms with E-state index in [0.717, 1.165) is 5.56 Å². The molecule has 2 N–H and O–H groups in total. The van der Waals surface area contributed by atoms with E-state index in [9.17, 15) is 14.9 Å². The number of hydrogen-bond donors (Lipinski definition) is 2. The first-order valence-electron chi connectivity index (χ1n) is 10.8. The Kier molecular flexibility index (Phi) is 9.86. The van der Waals surface area contributed by atoms with Gasteiger partial charge in [-0.2, -0.15) is 10.4 Å². The van der Waals surface area contributed by atoms with E-state index in [1.165, 1.54) is 6.21 Å². The lowest BCUT2D eigenvalue weighted by molar-refractivity contribution is -0.126. The van der Waals surface area contributed by atoms with Crippen LogP contribution in [0.1, 0.15) is 30.0 Å². The third-order valence-electron chi connectivity index (χ3n) is 4.69. The van der Waals surface area contributed by atoms with Crippen LogP contribution in [0.5, 0.6) is 11.5 Å². The summed E-state index contributed by atoms with van der Waals surface area (Å²) in [4.78, 5) is 24.1. The molecule has 3 aromatic rings. The molecular formula is C26H22BrClN4O4. The summed E-state index contributed by atoms with van der Waals surface area (Å²) in [6, 6.07) is 19.3. The summed E-state index contributed by atoms with van der Waals surface area (Å²) in [7, 11) is 0. The molecule has 0 saturated carbocycles. The quantitative estimate of drug-likeness (QED) is 0.192. The number of benzene rings is 3. The van der Waals surface area contributed by atoms with Crippen LogP contribution in [0.3, 0.4) is 0 Å². The zero-order valence-electron chi connectivity index (χ0n) is 19.3. The summed E-state index contributed by atoms with van der Waals surface area (Å²) in [5.41, 5.74) is 4.78. The van der Waals surface area contributed by atoms with Gasteiger partial charge < -0.3 is 14.8 Å². The third-order valence-corrected chi connectivity index (χ3v) is 5.53. The van der Waals surface area contributed by atoms with Crippen molar-refractivity contribution in [3.05, 3.63) is 86.8 Å². The number of carbonyl (C=O) groups excluding carboxylic acids is 2. The maximum atomic E-state index is 12.1. The van der Waals surface area contributed by atoms with Gasteiger partial charge in [0.1, 0.15) is 13.0 Å². The Morgan fingerprint density at radius 1 is 1.11 bits per heavy atom. The van der Waals surface area contributed by atoms with Gasteiger partial charge in [0, 0.05) is 16.3 Å². The van der Waals surface area contributed by atoms with Crippen LogP contribution in [0, 0.1) is 11.3 Å². The number of nitrogens with zero attached hydrogens (tertiary/aromatic N) is 2.